The number of Topliss-reactive ketones (excluding diaryl/α,β-unsaturated/α-hetero) is 1. The van der Waals surface area contributed by atoms with Gasteiger partial charge in [0.1, 0.15) is 17.3 Å². The molecule has 3 nitrogen and oxygen atoms in total. The van der Waals surface area contributed by atoms with Crippen LogP contribution in [0.15, 0.2) is 18.2 Å². The summed E-state index contributed by atoms with van der Waals surface area (Å²) in [5.41, 5.74) is 0.571. The Morgan fingerprint density at radius 2 is 2.07 bits per heavy atom. The second-order valence-corrected chi connectivity index (χ2v) is 3.28. The molecule has 0 atom stereocenters. The number of phenolic OH excluding ortho intramolecular Hbond substituents is 2. The first kappa shape index (κ1) is 10.6. The number of phenols is 2. The van der Waals surface area contributed by atoms with E-state index in [1.165, 1.54) is 12.1 Å². The predicted molar refractivity (Wildman–Crippen MR) is 53.4 cm³/mol. The van der Waals surface area contributed by atoms with Gasteiger partial charge in [-0.3, -0.25) is 4.79 Å². The average Bonchev–Trinajstić information content (AvgIpc) is 2.10. The fourth-order valence-corrected chi connectivity index (χ4v) is 1.28. The van der Waals surface area contributed by atoms with E-state index < -0.39 is 0 Å². The molecule has 1 aromatic rings. The van der Waals surface area contributed by atoms with Crippen molar-refractivity contribution in [2.75, 3.05) is 0 Å². The van der Waals surface area contributed by atoms with Crippen LogP contribution in [-0.2, 0) is 11.2 Å². The van der Waals surface area contributed by atoms with Crippen molar-refractivity contribution in [2.24, 2.45) is 0 Å². The van der Waals surface area contributed by atoms with E-state index in [4.69, 9.17) is 5.11 Å². The number of carbonyl (C=O) groups is 1. The highest BCUT2D eigenvalue weighted by Gasteiger charge is 2.07. The van der Waals surface area contributed by atoms with E-state index >= 15 is 0 Å². The minimum atomic E-state index is -0.0190. The summed E-state index contributed by atoms with van der Waals surface area (Å²) in [5.74, 6) is 0.0946. The third kappa shape index (κ3) is 2.76. The minimum absolute atomic E-state index is 0.00851. The quantitative estimate of drug-likeness (QED) is 0.770. The van der Waals surface area contributed by atoms with Crippen molar-refractivity contribution in [2.45, 2.75) is 26.2 Å². The zero-order valence-electron chi connectivity index (χ0n) is 8.16. The maximum atomic E-state index is 11.3. The largest absolute Gasteiger partial charge is 0.508 e. The van der Waals surface area contributed by atoms with E-state index in [2.05, 4.69) is 0 Å². The second-order valence-electron chi connectivity index (χ2n) is 3.28. The molecule has 0 aliphatic carbocycles. The van der Waals surface area contributed by atoms with Gasteiger partial charge in [-0.05, 0) is 12.5 Å². The van der Waals surface area contributed by atoms with E-state index in [0.717, 1.165) is 6.42 Å². The number of hydrogen-bond donors (Lipinski definition) is 2. The summed E-state index contributed by atoms with van der Waals surface area (Å²) in [4.78, 5) is 11.3. The Balaban J connectivity index is 2.72. The van der Waals surface area contributed by atoms with E-state index in [9.17, 15) is 9.90 Å². The van der Waals surface area contributed by atoms with Gasteiger partial charge in [-0.2, -0.15) is 0 Å². The summed E-state index contributed by atoms with van der Waals surface area (Å²) in [7, 11) is 0. The Kier molecular flexibility index (Phi) is 3.51. The Bertz CT molecular complexity index is 331. The molecule has 3 heteroatoms. The summed E-state index contributed by atoms with van der Waals surface area (Å²) >= 11 is 0. The molecule has 0 spiro atoms. The van der Waals surface area contributed by atoms with Crippen molar-refractivity contribution >= 4 is 5.78 Å². The first-order valence-electron chi connectivity index (χ1n) is 4.66. The molecule has 0 amide bonds. The Morgan fingerprint density at radius 1 is 1.36 bits per heavy atom. The maximum Gasteiger partial charge on any atom is 0.137 e. The van der Waals surface area contributed by atoms with Crippen LogP contribution in [0.3, 0.4) is 0 Å². The SMILES string of the molecule is CCCC(=O)Cc1ccc(O)cc1O. The van der Waals surface area contributed by atoms with Crippen LogP contribution in [0.2, 0.25) is 0 Å². The lowest BCUT2D eigenvalue weighted by molar-refractivity contribution is -0.118. The van der Waals surface area contributed by atoms with Crippen molar-refractivity contribution in [1.82, 2.24) is 0 Å². The van der Waals surface area contributed by atoms with Crippen LogP contribution >= 0.6 is 0 Å². The smallest absolute Gasteiger partial charge is 0.137 e. The normalized spacial score (nSPS) is 10.1. The lowest BCUT2D eigenvalue weighted by Crippen LogP contribution is -2.01. The maximum absolute atomic E-state index is 11.3. The molecule has 0 fully saturated rings. The van der Waals surface area contributed by atoms with Gasteiger partial charge in [0.25, 0.3) is 0 Å². The van der Waals surface area contributed by atoms with Crippen LogP contribution in [-0.4, -0.2) is 16.0 Å². The van der Waals surface area contributed by atoms with Gasteiger partial charge in [0.2, 0.25) is 0 Å². The minimum Gasteiger partial charge on any atom is -0.508 e. The molecule has 0 aliphatic rings. The average molecular weight is 194 g/mol. The van der Waals surface area contributed by atoms with Gasteiger partial charge in [-0.25, -0.2) is 0 Å². The van der Waals surface area contributed by atoms with Crippen LogP contribution < -0.4 is 0 Å². The fraction of sp³-hybridized carbons (Fsp3) is 0.364. The molecule has 1 aromatic carbocycles. The molecule has 1 rings (SSSR count). The summed E-state index contributed by atoms with van der Waals surface area (Å²) in [6.07, 6.45) is 1.58. The van der Waals surface area contributed by atoms with Gasteiger partial charge >= 0.3 is 0 Å². The van der Waals surface area contributed by atoms with Crippen LogP contribution in [0, 0.1) is 0 Å². The molecular formula is C11H14O3. The van der Waals surface area contributed by atoms with Gasteiger partial charge in [-0.15, -0.1) is 0 Å². The first-order chi connectivity index (χ1) is 6.63. The fourth-order valence-electron chi connectivity index (χ4n) is 1.28. The van der Waals surface area contributed by atoms with Gasteiger partial charge in [0, 0.05) is 24.5 Å². The molecule has 0 bridgehead atoms. The summed E-state index contributed by atoms with van der Waals surface area (Å²) in [5, 5.41) is 18.4. The third-order valence-corrected chi connectivity index (χ3v) is 1.99. The van der Waals surface area contributed by atoms with Crippen molar-refractivity contribution < 1.29 is 15.0 Å². The van der Waals surface area contributed by atoms with Crippen molar-refractivity contribution in [3.63, 3.8) is 0 Å². The number of hydrogen-bond acceptors (Lipinski definition) is 3. The highest BCUT2D eigenvalue weighted by Crippen LogP contribution is 2.23. The number of benzene rings is 1. The van der Waals surface area contributed by atoms with Crippen LogP contribution in [0.25, 0.3) is 0 Å². The van der Waals surface area contributed by atoms with Crippen LogP contribution in [0.4, 0.5) is 0 Å². The Labute approximate surface area is 83.0 Å². The van der Waals surface area contributed by atoms with Crippen LogP contribution in [0.5, 0.6) is 11.5 Å². The van der Waals surface area contributed by atoms with E-state index in [-0.39, 0.29) is 23.7 Å². The third-order valence-electron chi connectivity index (χ3n) is 1.99. The summed E-state index contributed by atoms with van der Waals surface area (Å²) in [6, 6.07) is 4.28. The first-order valence-corrected chi connectivity index (χ1v) is 4.66. The highest BCUT2D eigenvalue weighted by molar-refractivity contribution is 5.81. The zero-order chi connectivity index (χ0) is 10.6. The van der Waals surface area contributed by atoms with Crippen LogP contribution in [0.1, 0.15) is 25.3 Å². The lowest BCUT2D eigenvalue weighted by atomic mass is 10.1. The monoisotopic (exact) mass is 194 g/mol. The molecule has 0 unspecified atom stereocenters. The zero-order valence-corrected chi connectivity index (χ0v) is 8.16. The molecule has 0 saturated carbocycles. The topological polar surface area (TPSA) is 57.5 Å². The number of ketones is 1. The van der Waals surface area contributed by atoms with Gasteiger partial charge in [0.05, 0.1) is 0 Å². The Hall–Kier alpha value is -1.51. The molecule has 2 N–H and O–H groups in total. The molecule has 76 valence electrons. The number of rotatable bonds is 4. The lowest BCUT2D eigenvalue weighted by Gasteiger charge is -2.03. The van der Waals surface area contributed by atoms with E-state index in [1.807, 2.05) is 6.92 Å². The molecular weight excluding hydrogens is 180 g/mol. The highest BCUT2D eigenvalue weighted by atomic mass is 16.3. The van der Waals surface area contributed by atoms with E-state index in [0.29, 0.717) is 12.0 Å². The van der Waals surface area contributed by atoms with Gasteiger partial charge < -0.3 is 10.2 Å². The summed E-state index contributed by atoms with van der Waals surface area (Å²) < 4.78 is 0. The van der Waals surface area contributed by atoms with Gasteiger partial charge in [-0.1, -0.05) is 13.0 Å². The standard InChI is InChI=1S/C11H14O3/c1-2-3-9(12)6-8-4-5-10(13)7-11(8)14/h4-5,7,13-14H,2-3,6H2,1H3. The molecule has 0 aliphatic heterocycles. The number of aromatic hydroxyl groups is 2. The van der Waals surface area contributed by atoms with Crippen molar-refractivity contribution in [1.29, 1.82) is 0 Å². The molecule has 14 heavy (non-hydrogen) atoms. The van der Waals surface area contributed by atoms with Gasteiger partial charge in [0.15, 0.2) is 0 Å². The predicted octanol–water partition coefficient (Wildman–Crippen LogP) is 2.01. The van der Waals surface area contributed by atoms with E-state index in [1.54, 1.807) is 6.07 Å². The Morgan fingerprint density at radius 3 is 2.64 bits per heavy atom. The molecule has 0 radical (unpaired) electrons. The second kappa shape index (κ2) is 4.65. The molecule has 0 saturated heterocycles. The van der Waals surface area contributed by atoms with Crippen molar-refractivity contribution in [3.05, 3.63) is 23.8 Å². The molecule has 0 heterocycles. The summed E-state index contributed by atoms with van der Waals surface area (Å²) in [6.45, 7) is 1.94. The van der Waals surface area contributed by atoms with Crippen molar-refractivity contribution in [3.8, 4) is 11.5 Å². The number of carbonyl (C=O) groups excluding carboxylic acids is 1. The molecule has 0 aromatic heterocycles.